The van der Waals surface area contributed by atoms with Crippen LogP contribution in [-0.2, 0) is 9.84 Å². The van der Waals surface area contributed by atoms with Gasteiger partial charge in [0.1, 0.15) is 10.7 Å². The number of rotatable bonds is 6. The number of aliphatic hydroxyl groups excluding tert-OH is 1. The zero-order chi connectivity index (χ0) is 12.9. The third-order valence-corrected chi connectivity index (χ3v) is 3.48. The minimum atomic E-state index is -3.27. The number of nitrogens with zero attached hydrogens (tertiary/aromatic N) is 1. The van der Waals surface area contributed by atoms with E-state index in [-0.39, 0.29) is 17.5 Å². The lowest BCUT2D eigenvalue weighted by molar-refractivity contribution is 0.282. The first-order chi connectivity index (χ1) is 7.95. The van der Waals surface area contributed by atoms with Crippen LogP contribution in [0.4, 0.5) is 5.82 Å². The summed E-state index contributed by atoms with van der Waals surface area (Å²) in [5.41, 5.74) is 0. The second-order valence-electron chi connectivity index (χ2n) is 4.03. The fourth-order valence-electron chi connectivity index (χ4n) is 1.50. The normalized spacial score (nSPS) is 13.4. The molecule has 0 fully saturated rings. The van der Waals surface area contributed by atoms with E-state index in [0.717, 1.165) is 12.7 Å². The van der Waals surface area contributed by atoms with Crippen LogP contribution in [0.2, 0.25) is 0 Å². The van der Waals surface area contributed by atoms with E-state index in [2.05, 4.69) is 10.3 Å². The van der Waals surface area contributed by atoms with Gasteiger partial charge >= 0.3 is 0 Å². The lowest BCUT2D eigenvalue weighted by atomic mass is 10.2. The molecule has 0 aliphatic rings. The van der Waals surface area contributed by atoms with Crippen LogP contribution in [0, 0.1) is 0 Å². The van der Waals surface area contributed by atoms with E-state index in [1.165, 1.54) is 6.07 Å². The van der Waals surface area contributed by atoms with Crippen molar-refractivity contribution in [3.63, 3.8) is 0 Å². The summed E-state index contributed by atoms with van der Waals surface area (Å²) in [5, 5.41) is 11.8. The van der Waals surface area contributed by atoms with Crippen molar-refractivity contribution in [2.24, 2.45) is 0 Å². The second-order valence-corrected chi connectivity index (χ2v) is 6.02. The zero-order valence-electron chi connectivity index (χ0n) is 10.0. The number of pyridine rings is 1. The number of sulfone groups is 1. The third kappa shape index (κ3) is 4.32. The highest BCUT2D eigenvalue weighted by Gasteiger charge is 2.15. The topological polar surface area (TPSA) is 79.3 Å². The highest BCUT2D eigenvalue weighted by molar-refractivity contribution is 7.90. The monoisotopic (exact) mass is 258 g/mol. The third-order valence-electron chi connectivity index (χ3n) is 2.35. The molecule has 1 heterocycles. The Hall–Kier alpha value is -1.14. The molecule has 0 aromatic carbocycles. The summed E-state index contributed by atoms with van der Waals surface area (Å²) in [6.07, 6.45) is 4.15. The summed E-state index contributed by atoms with van der Waals surface area (Å²) in [7, 11) is -3.27. The van der Waals surface area contributed by atoms with Crippen LogP contribution in [0.15, 0.2) is 23.2 Å². The van der Waals surface area contributed by atoms with Gasteiger partial charge in [-0.15, -0.1) is 0 Å². The van der Waals surface area contributed by atoms with Crippen LogP contribution < -0.4 is 5.32 Å². The molecule has 0 saturated heterocycles. The van der Waals surface area contributed by atoms with Gasteiger partial charge in [-0.3, -0.25) is 0 Å². The van der Waals surface area contributed by atoms with Crippen molar-refractivity contribution in [1.82, 2.24) is 4.98 Å². The molecule has 0 spiro atoms. The number of aromatic nitrogens is 1. The molecule has 0 amide bonds. The fraction of sp³-hybridized carbons (Fsp3) is 0.545. The van der Waals surface area contributed by atoms with Crippen molar-refractivity contribution in [2.45, 2.75) is 30.7 Å². The quantitative estimate of drug-likeness (QED) is 0.797. The van der Waals surface area contributed by atoms with Crippen molar-refractivity contribution >= 4 is 15.7 Å². The van der Waals surface area contributed by atoms with E-state index in [0.29, 0.717) is 12.2 Å². The summed E-state index contributed by atoms with van der Waals surface area (Å²) in [6, 6.07) is 3.20. The van der Waals surface area contributed by atoms with Gasteiger partial charge in [0.2, 0.25) is 0 Å². The van der Waals surface area contributed by atoms with Crippen LogP contribution in [-0.4, -0.2) is 37.4 Å². The van der Waals surface area contributed by atoms with Gasteiger partial charge in [0, 0.05) is 25.1 Å². The molecule has 1 atom stereocenters. The minimum absolute atomic E-state index is 0.0672. The molecule has 2 N–H and O–H groups in total. The standard InChI is InChI=1S/C11H18N2O3S/c1-9(5-4-8-14)13-11-10(17(2,15)16)6-3-7-12-11/h3,6-7,9,14H,4-5,8H2,1-2H3,(H,12,13). The molecule has 1 aromatic heterocycles. The zero-order valence-corrected chi connectivity index (χ0v) is 10.9. The van der Waals surface area contributed by atoms with E-state index in [4.69, 9.17) is 5.11 Å². The number of hydrogen-bond acceptors (Lipinski definition) is 5. The molecule has 1 unspecified atom stereocenters. The molecule has 1 aromatic rings. The van der Waals surface area contributed by atoms with Crippen LogP contribution in [0.3, 0.4) is 0 Å². The Morgan fingerprint density at radius 1 is 1.53 bits per heavy atom. The van der Waals surface area contributed by atoms with Gasteiger partial charge in [0.05, 0.1) is 0 Å². The maximum atomic E-state index is 11.5. The van der Waals surface area contributed by atoms with Crippen molar-refractivity contribution in [1.29, 1.82) is 0 Å². The summed E-state index contributed by atoms with van der Waals surface area (Å²) >= 11 is 0. The molecular weight excluding hydrogens is 240 g/mol. The Labute approximate surface area is 102 Å². The number of nitrogens with one attached hydrogen (secondary N) is 1. The predicted molar refractivity (Wildman–Crippen MR) is 66.8 cm³/mol. The van der Waals surface area contributed by atoms with E-state index in [1.54, 1.807) is 12.3 Å². The first kappa shape index (κ1) is 13.9. The summed E-state index contributed by atoms with van der Waals surface area (Å²) < 4.78 is 23.1. The Balaban J connectivity index is 2.84. The van der Waals surface area contributed by atoms with Gasteiger partial charge in [-0.05, 0) is 31.9 Å². The van der Waals surface area contributed by atoms with Gasteiger partial charge in [-0.1, -0.05) is 0 Å². The molecule has 0 aliphatic carbocycles. The molecule has 96 valence electrons. The molecule has 5 nitrogen and oxygen atoms in total. The second kappa shape index (κ2) is 5.97. The highest BCUT2D eigenvalue weighted by Crippen LogP contribution is 2.19. The molecule has 17 heavy (non-hydrogen) atoms. The molecule has 6 heteroatoms. The summed E-state index contributed by atoms with van der Waals surface area (Å²) in [5.74, 6) is 0.375. The SMILES string of the molecule is CC(CCCO)Nc1ncccc1S(C)(=O)=O. The molecule has 1 rings (SSSR count). The maximum Gasteiger partial charge on any atom is 0.179 e. The van der Waals surface area contributed by atoms with Crippen molar-refractivity contribution < 1.29 is 13.5 Å². The van der Waals surface area contributed by atoms with Gasteiger partial charge in [0.25, 0.3) is 0 Å². The Morgan fingerprint density at radius 2 is 2.24 bits per heavy atom. The first-order valence-corrected chi connectivity index (χ1v) is 7.36. The number of anilines is 1. The number of aliphatic hydroxyl groups is 1. The average Bonchev–Trinajstić information content (AvgIpc) is 2.25. The van der Waals surface area contributed by atoms with E-state index >= 15 is 0 Å². The van der Waals surface area contributed by atoms with Gasteiger partial charge in [-0.2, -0.15) is 0 Å². The Bertz CT molecular complexity index is 460. The van der Waals surface area contributed by atoms with E-state index in [1.807, 2.05) is 6.92 Å². The molecule has 0 saturated carbocycles. The van der Waals surface area contributed by atoms with Crippen molar-refractivity contribution in [3.8, 4) is 0 Å². The molecule has 0 bridgehead atoms. The Morgan fingerprint density at radius 3 is 2.82 bits per heavy atom. The van der Waals surface area contributed by atoms with Crippen molar-refractivity contribution in [2.75, 3.05) is 18.2 Å². The highest BCUT2D eigenvalue weighted by atomic mass is 32.2. The number of hydrogen-bond donors (Lipinski definition) is 2. The molecule has 0 aliphatic heterocycles. The molecule has 0 radical (unpaired) electrons. The summed E-state index contributed by atoms with van der Waals surface area (Å²) in [4.78, 5) is 4.24. The summed E-state index contributed by atoms with van der Waals surface area (Å²) in [6.45, 7) is 2.06. The van der Waals surface area contributed by atoms with Crippen LogP contribution in [0.5, 0.6) is 0 Å². The maximum absolute atomic E-state index is 11.5. The van der Waals surface area contributed by atoms with Crippen LogP contribution >= 0.6 is 0 Å². The van der Waals surface area contributed by atoms with E-state index in [9.17, 15) is 8.42 Å². The lowest BCUT2D eigenvalue weighted by Gasteiger charge is -2.15. The van der Waals surface area contributed by atoms with Gasteiger partial charge < -0.3 is 10.4 Å². The minimum Gasteiger partial charge on any atom is -0.396 e. The average molecular weight is 258 g/mol. The largest absolute Gasteiger partial charge is 0.396 e. The van der Waals surface area contributed by atoms with Crippen LogP contribution in [0.1, 0.15) is 19.8 Å². The molecular formula is C11H18N2O3S. The van der Waals surface area contributed by atoms with Gasteiger partial charge in [0.15, 0.2) is 9.84 Å². The predicted octanol–water partition coefficient (Wildman–Crippen LogP) is 1.06. The Kier molecular flexibility index (Phi) is 4.89. The van der Waals surface area contributed by atoms with Crippen LogP contribution in [0.25, 0.3) is 0 Å². The smallest absolute Gasteiger partial charge is 0.179 e. The van der Waals surface area contributed by atoms with Crippen molar-refractivity contribution in [3.05, 3.63) is 18.3 Å². The lowest BCUT2D eigenvalue weighted by Crippen LogP contribution is -2.18. The van der Waals surface area contributed by atoms with Gasteiger partial charge in [-0.25, -0.2) is 13.4 Å². The van der Waals surface area contributed by atoms with E-state index < -0.39 is 9.84 Å². The first-order valence-electron chi connectivity index (χ1n) is 5.47. The fourth-order valence-corrected chi connectivity index (χ4v) is 2.29.